The molecule has 0 unspecified atom stereocenters. The normalized spacial score (nSPS) is 10.5. The minimum atomic E-state index is -0.220. The summed E-state index contributed by atoms with van der Waals surface area (Å²) in [6, 6.07) is 19.1. The van der Waals surface area contributed by atoms with E-state index in [1.54, 1.807) is 0 Å². The number of ether oxygens (including phenoxy) is 2. The molecular weight excluding hydrogens is 412 g/mol. The Hall–Kier alpha value is -3.18. The smallest absolute Gasteiger partial charge is 0.262 e. The minimum absolute atomic E-state index is 0.104. The fourth-order valence-corrected chi connectivity index (χ4v) is 3.26. The van der Waals surface area contributed by atoms with Crippen molar-refractivity contribution in [1.29, 1.82) is 0 Å². The summed E-state index contributed by atoms with van der Waals surface area (Å²) in [6.07, 6.45) is 0. The molecular formula is C25H27ClN2O3. The summed E-state index contributed by atoms with van der Waals surface area (Å²) < 4.78 is 11.5. The van der Waals surface area contributed by atoms with E-state index < -0.39 is 0 Å². The van der Waals surface area contributed by atoms with Crippen molar-refractivity contribution >= 4 is 28.9 Å². The molecule has 5 nitrogen and oxygen atoms in total. The molecule has 1 amide bonds. The summed E-state index contributed by atoms with van der Waals surface area (Å²) in [4.78, 5) is 12.4. The fraction of sp³-hybridized carbons (Fsp3) is 0.240. The topological polar surface area (TPSA) is 59.6 Å². The second-order valence-corrected chi connectivity index (χ2v) is 7.60. The first-order valence-corrected chi connectivity index (χ1v) is 10.6. The highest BCUT2D eigenvalue weighted by molar-refractivity contribution is 6.30. The van der Waals surface area contributed by atoms with Gasteiger partial charge in [0.15, 0.2) is 18.1 Å². The molecule has 2 N–H and O–H groups in total. The van der Waals surface area contributed by atoms with Crippen LogP contribution in [0.3, 0.4) is 0 Å². The molecule has 3 aromatic rings. The maximum Gasteiger partial charge on any atom is 0.262 e. The first-order chi connectivity index (χ1) is 15.0. The Labute approximate surface area is 188 Å². The molecule has 162 valence electrons. The number of anilines is 2. The quantitative estimate of drug-likeness (QED) is 0.431. The second-order valence-electron chi connectivity index (χ2n) is 7.16. The lowest BCUT2D eigenvalue weighted by molar-refractivity contribution is -0.118. The van der Waals surface area contributed by atoms with E-state index in [1.165, 1.54) is 0 Å². The number of hydrogen-bond acceptors (Lipinski definition) is 4. The van der Waals surface area contributed by atoms with Gasteiger partial charge in [-0.05, 0) is 73.9 Å². The van der Waals surface area contributed by atoms with Crippen LogP contribution in [0.4, 0.5) is 11.4 Å². The molecule has 0 aromatic heterocycles. The summed E-state index contributed by atoms with van der Waals surface area (Å²) in [5, 5.41) is 6.92. The lowest BCUT2D eigenvalue weighted by Gasteiger charge is -2.15. The van der Waals surface area contributed by atoms with E-state index in [-0.39, 0.29) is 12.5 Å². The van der Waals surface area contributed by atoms with Gasteiger partial charge in [0.05, 0.1) is 6.61 Å². The van der Waals surface area contributed by atoms with Crippen molar-refractivity contribution in [1.82, 2.24) is 0 Å². The van der Waals surface area contributed by atoms with Crippen LogP contribution in [-0.4, -0.2) is 19.1 Å². The van der Waals surface area contributed by atoms with Crippen LogP contribution < -0.4 is 20.1 Å². The zero-order chi connectivity index (χ0) is 22.2. The first kappa shape index (κ1) is 22.5. The van der Waals surface area contributed by atoms with E-state index in [0.717, 1.165) is 28.1 Å². The maximum atomic E-state index is 12.4. The van der Waals surface area contributed by atoms with Gasteiger partial charge in [-0.2, -0.15) is 0 Å². The van der Waals surface area contributed by atoms with Crippen LogP contribution in [0.15, 0.2) is 60.7 Å². The maximum absolute atomic E-state index is 12.4. The lowest BCUT2D eigenvalue weighted by atomic mass is 10.1. The highest BCUT2D eigenvalue weighted by Gasteiger charge is 2.11. The number of halogens is 1. The highest BCUT2D eigenvalue weighted by atomic mass is 35.5. The Balaban J connectivity index is 1.62. The van der Waals surface area contributed by atoms with Gasteiger partial charge in [-0.15, -0.1) is 0 Å². The van der Waals surface area contributed by atoms with Gasteiger partial charge in [-0.1, -0.05) is 35.9 Å². The van der Waals surface area contributed by atoms with E-state index in [0.29, 0.717) is 29.7 Å². The molecule has 0 saturated carbocycles. The van der Waals surface area contributed by atoms with Gasteiger partial charge in [-0.3, -0.25) is 4.79 Å². The summed E-state index contributed by atoms with van der Waals surface area (Å²) in [6.45, 7) is 6.90. The number of rotatable bonds is 9. The number of amides is 1. The van der Waals surface area contributed by atoms with E-state index in [1.807, 2.05) is 81.4 Å². The number of benzene rings is 3. The van der Waals surface area contributed by atoms with Gasteiger partial charge < -0.3 is 20.1 Å². The predicted octanol–water partition coefficient (Wildman–Crippen LogP) is 5.99. The molecule has 0 aliphatic carbocycles. The van der Waals surface area contributed by atoms with Crippen molar-refractivity contribution in [2.45, 2.75) is 27.3 Å². The second kappa shape index (κ2) is 10.7. The lowest BCUT2D eigenvalue weighted by Crippen LogP contribution is -2.21. The average molecular weight is 439 g/mol. The van der Waals surface area contributed by atoms with Crippen LogP contribution in [0, 0.1) is 13.8 Å². The van der Waals surface area contributed by atoms with Gasteiger partial charge in [0.2, 0.25) is 0 Å². The number of carbonyl (C=O) groups is 1. The van der Waals surface area contributed by atoms with E-state index in [4.69, 9.17) is 21.1 Å². The Morgan fingerprint density at radius 3 is 2.55 bits per heavy atom. The molecule has 0 spiro atoms. The third-order valence-corrected chi connectivity index (χ3v) is 5.10. The van der Waals surface area contributed by atoms with Crippen LogP contribution in [-0.2, 0) is 11.3 Å². The molecule has 0 aliphatic heterocycles. The third-order valence-electron chi connectivity index (χ3n) is 4.87. The Bertz CT molecular complexity index is 1050. The number of aryl methyl sites for hydroxylation is 1. The predicted molar refractivity (Wildman–Crippen MR) is 126 cm³/mol. The van der Waals surface area contributed by atoms with E-state index >= 15 is 0 Å². The van der Waals surface area contributed by atoms with Gasteiger partial charge in [0.1, 0.15) is 0 Å². The van der Waals surface area contributed by atoms with Crippen molar-refractivity contribution in [3.05, 3.63) is 82.4 Å². The summed E-state index contributed by atoms with van der Waals surface area (Å²) >= 11 is 6.03. The molecule has 0 atom stereocenters. The van der Waals surface area contributed by atoms with Crippen molar-refractivity contribution in [2.75, 3.05) is 23.8 Å². The zero-order valence-corrected chi connectivity index (χ0v) is 18.8. The largest absolute Gasteiger partial charge is 0.490 e. The summed E-state index contributed by atoms with van der Waals surface area (Å²) in [5.74, 6) is 0.916. The van der Waals surface area contributed by atoms with E-state index in [2.05, 4.69) is 10.6 Å². The SMILES string of the molecule is CCOc1cc(CNc2cccc(Cl)c2)ccc1OCC(=O)Nc1cccc(C)c1C. The highest BCUT2D eigenvalue weighted by Crippen LogP contribution is 2.29. The number of hydrogen-bond donors (Lipinski definition) is 2. The van der Waals surface area contributed by atoms with Gasteiger partial charge >= 0.3 is 0 Å². The van der Waals surface area contributed by atoms with Crippen molar-refractivity contribution in [2.24, 2.45) is 0 Å². The third kappa shape index (κ3) is 6.40. The minimum Gasteiger partial charge on any atom is -0.490 e. The molecule has 0 radical (unpaired) electrons. The Morgan fingerprint density at radius 1 is 0.968 bits per heavy atom. The molecule has 3 aromatic carbocycles. The monoisotopic (exact) mass is 438 g/mol. The van der Waals surface area contributed by atoms with Crippen molar-refractivity contribution in [3.8, 4) is 11.5 Å². The standard InChI is InChI=1S/C25H27ClN2O3/c1-4-30-24-13-19(15-27-21-9-6-8-20(26)14-21)11-12-23(24)31-16-25(29)28-22-10-5-7-17(2)18(22)3/h5-14,27H,4,15-16H2,1-3H3,(H,28,29). The van der Waals surface area contributed by atoms with Crippen molar-refractivity contribution < 1.29 is 14.3 Å². The van der Waals surface area contributed by atoms with Crippen LogP contribution in [0.1, 0.15) is 23.6 Å². The Kier molecular flexibility index (Phi) is 7.79. The summed E-state index contributed by atoms with van der Waals surface area (Å²) in [5.41, 5.74) is 4.92. The van der Waals surface area contributed by atoms with Crippen LogP contribution >= 0.6 is 11.6 Å². The molecule has 0 saturated heterocycles. The van der Waals surface area contributed by atoms with Crippen LogP contribution in [0.5, 0.6) is 11.5 Å². The van der Waals surface area contributed by atoms with Gasteiger partial charge in [-0.25, -0.2) is 0 Å². The first-order valence-electron chi connectivity index (χ1n) is 10.2. The average Bonchev–Trinajstić information content (AvgIpc) is 2.75. The zero-order valence-electron chi connectivity index (χ0n) is 18.0. The number of nitrogens with one attached hydrogen (secondary N) is 2. The van der Waals surface area contributed by atoms with E-state index in [9.17, 15) is 4.79 Å². The van der Waals surface area contributed by atoms with Crippen LogP contribution in [0.25, 0.3) is 0 Å². The molecule has 31 heavy (non-hydrogen) atoms. The molecule has 3 rings (SSSR count). The number of carbonyl (C=O) groups excluding carboxylic acids is 1. The molecule has 0 fully saturated rings. The van der Waals surface area contributed by atoms with Gasteiger partial charge in [0, 0.05) is 22.9 Å². The van der Waals surface area contributed by atoms with Crippen molar-refractivity contribution in [3.63, 3.8) is 0 Å². The molecule has 6 heteroatoms. The molecule has 0 heterocycles. The summed E-state index contributed by atoms with van der Waals surface area (Å²) in [7, 11) is 0. The van der Waals surface area contributed by atoms with Crippen LogP contribution in [0.2, 0.25) is 5.02 Å². The van der Waals surface area contributed by atoms with Gasteiger partial charge in [0.25, 0.3) is 5.91 Å². The Morgan fingerprint density at radius 2 is 1.77 bits per heavy atom. The molecule has 0 bridgehead atoms. The fourth-order valence-electron chi connectivity index (χ4n) is 3.07. The molecule has 0 aliphatic rings.